The molecule has 112 valence electrons. The van der Waals surface area contributed by atoms with E-state index in [1.165, 1.54) is 11.0 Å². The Morgan fingerprint density at radius 1 is 1.48 bits per heavy atom. The largest absolute Gasteiger partial charge is 0.321 e. The molecule has 2 rings (SSSR count). The van der Waals surface area contributed by atoms with Crippen LogP contribution in [-0.2, 0) is 15.1 Å². The number of rotatable bonds is 3. The third-order valence-corrected chi connectivity index (χ3v) is 3.22. The second-order valence-electron chi connectivity index (χ2n) is 5.90. The number of hydrogen-bond acceptors (Lipinski definition) is 3. The SMILES string of the molecule is C=CC(=O)N1CC=C[C@H]1C(=O)Nc1cnn(C(C)(C)C)c1. The minimum atomic E-state index is -0.603. The van der Waals surface area contributed by atoms with Gasteiger partial charge in [-0.25, -0.2) is 0 Å². The number of anilines is 1. The summed E-state index contributed by atoms with van der Waals surface area (Å²) in [7, 11) is 0. The second kappa shape index (κ2) is 5.55. The zero-order chi connectivity index (χ0) is 15.6. The van der Waals surface area contributed by atoms with E-state index in [0.29, 0.717) is 12.2 Å². The fourth-order valence-electron chi connectivity index (χ4n) is 2.06. The molecule has 0 saturated carbocycles. The maximum absolute atomic E-state index is 12.3. The molecule has 0 saturated heterocycles. The van der Waals surface area contributed by atoms with Gasteiger partial charge in [-0.05, 0) is 26.8 Å². The molecule has 6 nitrogen and oxygen atoms in total. The molecule has 6 heteroatoms. The summed E-state index contributed by atoms with van der Waals surface area (Å²) < 4.78 is 1.78. The summed E-state index contributed by atoms with van der Waals surface area (Å²) in [6.45, 7) is 9.94. The van der Waals surface area contributed by atoms with Crippen LogP contribution in [0.25, 0.3) is 0 Å². The van der Waals surface area contributed by atoms with E-state index in [2.05, 4.69) is 17.0 Å². The van der Waals surface area contributed by atoms with Gasteiger partial charge < -0.3 is 10.2 Å². The molecule has 1 N–H and O–H groups in total. The summed E-state index contributed by atoms with van der Waals surface area (Å²) in [5, 5.41) is 7.01. The molecule has 1 aliphatic heterocycles. The van der Waals surface area contributed by atoms with Crippen LogP contribution in [0.1, 0.15) is 20.8 Å². The first-order valence-electron chi connectivity index (χ1n) is 6.78. The van der Waals surface area contributed by atoms with Gasteiger partial charge in [0.05, 0.1) is 17.4 Å². The zero-order valence-corrected chi connectivity index (χ0v) is 12.5. The van der Waals surface area contributed by atoms with Gasteiger partial charge in [0.1, 0.15) is 6.04 Å². The van der Waals surface area contributed by atoms with Crippen LogP contribution in [0.4, 0.5) is 5.69 Å². The van der Waals surface area contributed by atoms with Crippen molar-refractivity contribution >= 4 is 17.5 Å². The molecule has 1 aliphatic rings. The Morgan fingerprint density at radius 3 is 2.76 bits per heavy atom. The van der Waals surface area contributed by atoms with E-state index >= 15 is 0 Å². The van der Waals surface area contributed by atoms with Gasteiger partial charge >= 0.3 is 0 Å². The van der Waals surface area contributed by atoms with Crippen LogP contribution in [-0.4, -0.2) is 39.1 Å². The van der Waals surface area contributed by atoms with E-state index in [9.17, 15) is 9.59 Å². The lowest BCUT2D eigenvalue weighted by Gasteiger charge is -2.22. The maximum Gasteiger partial charge on any atom is 0.251 e. The predicted molar refractivity (Wildman–Crippen MR) is 80.7 cm³/mol. The van der Waals surface area contributed by atoms with E-state index in [0.717, 1.165) is 0 Å². The Hall–Kier alpha value is -2.37. The van der Waals surface area contributed by atoms with Gasteiger partial charge in [0.2, 0.25) is 5.91 Å². The Morgan fingerprint density at radius 2 is 2.19 bits per heavy atom. The van der Waals surface area contributed by atoms with Gasteiger partial charge in [-0.1, -0.05) is 18.7 Å². The Bertz CT molecular complexity index is 595. The van der Waals surface area contributed by atoms with Gasteiger partial charge in [0.15, 0.2) is 0 Å². The molecule has 1 aromatic rings. The average molecular weight is 288 g/mol. The molecule has 0 spiro atoms. The van der Waals surface area contributed by atoms with Gasteiger partial charge in [0.25, 0.3) is 5.91 Å². The van der Waals surface area contributed by atoms with Crippen molar-refractivity contribution in [2.45, 2.75) is 32.4 Å². The van der Waals surface area contributed by atoms with Gasteiger partial charge in [-0.15, -0.1) is 0 Å². The normalized spacial score (nSPS) is 17.9. The zero-order valence-electron chi connectivity index (χ0n) is 12.5. The van der Waals surface area contributed by atoms with Gasteiger partial charge in [-0.3, -0.25) is 14.3 Å². The molecular formula is C15H20N4O2. The van der Waals surface area contributed by atoms with Crippen molar-refractivity contribution < 1.29 is 9.59 Å². The lowest BCUT2D eigenvalue weighted by atomic mass is 10.1. The number of nitrogens with one attached hydrogen (secondary N) is 1. The van der Waals surface area contributed by atoms with Crippen LogP contribution >= 0.6 is 0 Å². The Labute approximate surface area is 124 Å². The summed E-state index contributed by atoms with van der Waals surface area (Å²) >= 11 is 0. The lowest BCUT2D eigenvalue weighted by Crippen LogP contribution is -2.42. The number of nitrogens with zero attached hydrogens (tertiary/aromatic N) is 3. The Kier molecular flexibility index (Phi) is 3.97. The van der Waals surface area contributed by atoms with Crippen molar-refractivity contribution in [1.29, 1.82) is 0 Å². The first-order valence-corrected chi connectivity index (χ1v) is 6.78. The molecule has 2 heterocycles. The highest BCUT2D eigenvalue weighted by Crippen LogP contribution is 2.17. The molecule has 0 bridgehead atoms. The number of carbonyl (C=O) groups excluding carboxylic acids is 2. The fourth-order valence-corrected chi connectivity index (χ4v) is 2.06. The van der Waals surface area contributed by atoms with E-state index < -0.39 is 6.04 Å². The molecule has 0 fully saturated rings. The minimum absolute atomic E-state index is 0.152. The first kappa shape index (κ1) is 15.0. The average Bonchev–Trinajstić information content (AvgIpc) is 3.05. The van der Waals surface area contributed by atoms with Crippen LogP contribution in [0.5, 0.6) is 0 Å². The Balaban J connectivity index is 2.07. The standard InChI is InChI=1S/C15H20N4O2/c1-5-13(20)18-8-6-7-12(18)14(21)17-11-9-16-19(10-11)15(2,3)4/h5-7,9-10,12H,1,8H2,2-4H3,(H,17,21)/t12-/m0/s1. The van der Waals surface area contributed by atoms with E-state index in [1.54, 1.807) is 29.2 Å². The highest BCUT2D eigenvalue weighted by atomic mass is 16.2. The second-order valence-corrected chi connectivity index (χ2v) is 5.90. The van der Waals surface area contributed by atoms with Gasteiger partial charge in [-0.2, -0.15) is 5.10 Å². The highest BCUT2D eigenvalue weighted by Gasteiger charge is 2.29. The number of carbonyl (C=O) groups is 2. The topological polar surface area (TPSA) is 67.2 Å². The van der Waals surface area contributed by atoms with Crippen molar-refractivity contribution in [3.05, 3.63) is 37.2 Å². The minimum Gasteiger partial charge on any atom is -0.321 e. The molecule has 2 amide bonds. The van der Waals surface area contributed by atoms with Crippen LogP contribution in [0.3, 0.4) is 0 Å². The monoisotopic (exact) mass is 288 g/mol. The van der Waals surface area contributed by atoms with Crippen molar-refractivity contribution in [2.75, 3.05) is 11.9 Å². The van der Waals surface area contributed by atoms with Crippen molar-refractivity contribution in [1.82, 2.24) is 14.7 Å². The molecule has 21 heavy (non-hydrogen) atoms. The number of amides is 2. The van der Waals surface area contributed by atoms with Crippen LogP contribution in [0.15, 0.2) is 37.2 Å². The quantitative estimate of drug-likeness (QED) is 0.677. The number of aromatic nitrogens is 2. The smallest absolute Gasteiger partial charge is 0.251 e. The van der Waals surface area contributed by atoms with Gasteiger partial charge in [0, 0.05) is 12.7 Å². The summed E-state index contributed by atoms with van der Waals surface area (Å²) in [6, 6.07) is -0.603. The molecular weight excluding hydrogens is 268 g/mol. The summed E-state index contributed by atoms with van der Waals surface area (Å²) in [5.74, 6) is -0.516. The van der Waals surface area contributed by atoms with Crippen molar-refractivity contribution in [3.8, 4) is 0 Å². The maximum atomic E-state index is 12.3. The third-order valence-electron chi connectivity index (χ3n) is 3.22. The van der Waals surface area contributed by atoms with Crippen molar-refractivity contribution in [3.63, 3.8) is 0 Å². The van der Waals surface area contributed by atoms with Crippen LogP contribution in [0.2, 0.25) is 0 Å². The molecule has 0 unspecified atom stereocenters. The van der Waals surface area contributed by atoms with Crippen LogP contribution in [0, 0.1) is 0 Å². The molecule has 1 atom stereocenters. The first-order chi connectivity index (χ1) is 9.82. The lowest BCUT2D eigenvalue weighted by molar-refractivity contribution is -0.131. The fraction of sp³-hybridized carbons (Fsp3) is 0.400. The van der Waals surface area contributed by atoms with Crippen LogP contribution < -0.4 is 5.32 Å². The molecule has 0 radical (unpaired) electrons. The molecule has 1 aromatic heterocycles. The summed E-state index contributed by atoms with van der Waals surface area (Å²) in [5.41, 5.74) is 0.461. The summed E-state index contributed by atoms with van der Waals surface area (Å²) in [6.07, 6.45) is 8.09. The van der Waals surface area contributed by atoms with E-state index in [4.69, 9.17) is 0 Å². The highest BCUT2D eigenvalue weighted by molar-refractivity contribution is 6.00. The summed E-state index contributed by atoms with van der Waals surface area (Å²) in [4.78, 5) is 25.4. The molecule has 0 aliphatic carbocycles. The predicted octanol–water partition coefficient (Wildman–Crippen LogP) is 1.53. The van der Waals surface area contributed by atoms with E-state index in [1.807, 2.05) is 20.8 Å². The molecule has 0 aromatic carbocycles. The number of hydrogen-bond donors (Lipinski definition) is 1. The van der Waals surface area contributed by atoms with E-state index in [-0.39, 0.29) is 17.4 Å². The third kappa shape index (κ3) is 3.21. The van der Waals surface area contributed by atoms with Crippen molar-refractivity contribution in [2.24, 2.45) is 0 Å².